The molecular formula is C15H19NO3. The van der Waals surface area contributed by atoms with Crippen LogP contribution in [0.4, 0.5) is 0 Å². The van der Waals surface area contributed by atoms with Gasteiger partial charge in [-0.05, 0) is 31.5 Å². The van der Waals surface area contributed by atoms with Crippen molar-refractivity contribution in [3.63, 3.8) is 0 Å². The summed E-state index contributed by atoms with van der Waals surface area (Å²) >= 11 is 0. The number of ether oxygens (including phenoxy) is 1. The second kappa shape index (κ2) is 5.43. The van der Waals surface area contributed by atoms with Gasteiger partial charge in [0.2, 0.25) is 5.91 Å². The van der Waals surface area contributed by atoms with Gasteiger partial charge in [0.25, 0.3) is 0 Å². The van der Waals surface area contributed by atoms with E-state index in [0.29, 0.717) is 13.0 Å². The van der Waals surface area contributed by atoms with Crippen molar-refractivity contribution in [2.75, 3.05) is 13.7 Å². The molecular weight excluding hydrogens is 242 g/mol. The highest BCUT2D eigenvalue weighted by atomic mass is 16.5. The number of carbonyl (C=O) groups excluding carboxylic acids is 2. The number of ketones is 1. The number of rotatable bonds is 4. The Balaban J connectivity index is 2.12. The number of benzene rings is 1. The summed E-state index contributed by atoms with van der Waals surface area (Å²) < 4.78 is 5.12. The van der Waals surface area contributed by atoms with Crippen LogP contribution in [0.25, 0.3) is 0 Å². The minimum absolute atomic E-state index is 0.0113. The molecule has 1 aliphatic rings. The van der Waals surface area contributed by atoms with Crippen LogP contribution >= 0.6 is 0 Å². The number of likely N-dealkylation sites (tertiary alicyclic amines) is 1. The van der Waals surface area contributed by atoms with Gasteiger partial charge in [0.15, 0.2) is 0 Å². The summed E-state index contributed by atoms with van der Waals surface area (Å²) in [7, 11) is 1.62. The molecule has 0 spiro atoms. The zero-order valence-electron chi connectivity index (χ0n) is 11.6. The summed E-state index contributed by atoms with van der Waals surface area (Å²) in [5.74, 6) is 0.805. The van der Waals surface area contributed by atoms with E-state index in [2.05, 4.69) is 0 Å². The van der Waals surface area contributed by atoms with Crippen molar-refractivity contribution < 1.29 is 14.3 Å². The first-order valence-corrected chi connectivity index (χ1v) is 6.46. The molecule has 2 rings (SSSR count). The van der Waals surface area contributed by atoms with Crippen molar-refractivity contribution in [1.29, 1.82) is 0 Å². The molecule has 4 nitrogen and oxygen atoms in total. The number of methoxy groups -OCH3 is 1. The average molecular weight is 261 g/mol. The van der Waals surface area contributed by atoms with E-state index >= 15 is 0 Å². The van der Waals surface area contributed by atoms with Gasteiger partial charge < -0.3 is 9.64 Å². The van der Waals surface area contributed by atoms with Crippen molar-refractivity contribution in [3.8, 4) is 5.75 Å². The van der Waals surface area contributed by atoms with E-state index in [1.165, 1.54) is 0 Å². The van der Waals surface area contributed by atoms with E-state index in [-0.39, 0.29) is 23.7 Å². The van der Waals surface area contributed by atoms with Crippen molar-refractivity contribution in [3.05, 3.63) is 29.8 Å². The number of nitrogens with zero attached hydrogens (tertiary/aromatic N) is 1. The lowest BCUT2D eigenvalue weighted by atomic mass is 10.0. The van der Waals surface area contributed by atoms with Gasteiger partial charge in [-0.2, -0.15) is 0 Å². The maximum Gasteiger partial charge on any atom is 0.223 e. The minimum atomic E-state index is -0.145. The van der Waals surface area contributed by atoms with Crippen molar-refractivity contribution in [2.45, 2.75) is 26.3 Å². The van der Waals surface area contributed by atoms with Gasteiger partial charge in [0.1, 0.15) is 11.5 Å². The van der Waals surface area contributed by atoms with Gasteiger partial charge in [-0.15, -0.1) is 0 Å². The molecule has 4 heteroatoms. The number of hydrogen-bond acceptors (Lipinski definition) is 3. The largest absolute Gasteiger partial charge is 0.497 e. The SMILES string of the molecule is COc1ccc([C@H](C)N2C[C@@H](C(C)=O)CC2=O)cc1. The summed E-state index contributed by atoms with van der Waals surface area (Å²) in [5, 5.41) is 0. The zero-order chi connectivity index (χ0) is 14.0. The van der Waals surface area contributed by atoms with Gasteiger partial charge in [-0.3, -0.25) is 9.59 Å². The van der Waals surface area contributed by atoms with E-state index in [9.17, 15) is 9.59 Å². The van der Waals surface area contributed by atoms with Crippen LogP contribution in [0.15, 0.2) is 24.3 Å². The predicted octanol–water partition coefficient (Wildman–Crippen LogP) is 2.19. The molecule has 0 saturated carbocycles. The Kier molecular flexibility index (Phi) is 3.88. The van der Waals surface area contributed by atoms with Gasteiger partial charge in [-0.25, -0.2) is 0 Å². The molecule has 1 aliphatic heterocycles. The number of amides is 1. The summed E-state index contributed by atoms with van der Waals surface area (Å²) in [4.78, 5) is 25.1. The molecule has 2 atom stereocenters. The van der Waals surface area contributed by atoms with Crippen LogP contribution in [0.2, 0.25) is 0 Å². The Morgan fingerprint density at radius 2 is 2.00 bits per heavy atom. The first kappa shape index (κ1) is 13.6. The number of Topliss-reactive ketones (excluding diaryl/α,β-unsaturated/α-hetero) is 1. The molecule has 0 bridgehead atoms. The fourth-order valence-corrected chi connectivity index (χ4v) is 2.44. The fourth-order valence-electron chi connectivity index (χ4n) is 2.44. The second-order valence-electron chi connectivity index (χ2n) is 5.01. The van der Waals surface area contributed by atoms with Crippen LogP contribution in [-0.4, -0.2) is 30.2 Å². The lowest BCUT2D eigenvalue weighted by Crippen LogP contribution is -2.29. The Morgan fingerprint density at radius 3 is 2.47 bits per heavy atom. The second-order valence-corrected chi connectivity index (χ2v) is 5.01. The molecule has 0 aliphatic carbocycles. The Bertz CT molecular complexity index is 481. The van der Waals surface area contributed by atoms with Gasteiger partial charge >= 0.3 is 0 Å². The van der Waals surface area contributed by atoms with Crippen molar-refractivity contribution in [2.24, 2.45) is 5.92 Å². The van der Waals surface area contributed by atoms with E-state index in [4.69, 9.17) is 4.74 Å². The molecule has 1 fully saturated rings. The maximum atomic E-state index is 12.0. The molecule has 0 N–H and O–H groups in total. The molecule has 1 heterocycles. The molecule has 0 radical (unpaired) electrons. The highest BCUT2D eigenvalue weighted by molar-refractivity contribution is 5.89. The van der Waals surface area contributed by atoms with Crippen LogP contribution in [0.3, 0.4) is 0 Å². The normalized spacial score (nSPS) is 20.5. The van der Waals surface area contributed by atoms with Crippen LogP contribution in [-0.2, 0) is 9.59 Å². The topological polar surface area (TPSA) is 46.6 Å². The molecule has 102 valence electrons. The first-order chi connectivity index (χ1) is 9.02. The summed E-state index contributed by atoms with van der Waals surface area (Å²) in [6.45, 7) is 4.07. The Hall–Kier alpha value is -1.84. The maximum absolute atomic E-state index is 12.0. The van der Waals surface area contributed by atoms with Crippen LogP contribution in [0, 0.1) is 5.92 Å². The predicted molar refractivity (Wildman–Crippen MR) is 71.9 cm³/mol. The third-order valence-corrected chi connectivity index (χ3v) is 3.80. The van der Waals surface area contributed by atoms with Gasteiger partial charge in [0.05, 0.1) is 13.2 Å². The Morgan fingerprint density at radius 1 is 1.37 bits per heavy atom. The van der Waals surface area contributed by atoms with E-state index in [1.807, 2.05) is 31.2 Å². The lowest BCUT2D eigenvalue weighted by molar-refractivity contribution is -0.129. The van der Waals surface area contributed by atoms with E-state index < -0.39 is 0 Å². The minimum Gasteiger partial charge on any atom is -0.497 e. The third kappa shape index (κ3) is 2.78. The van der Waals surface area contributed by atoms with Crippen LogP contribution in [0.1, 0.15) is 31.9 Å². The van der Waals surface area contributed by atoms with Gasteiger partial charge in [-0.1, -0.05) is 12.1 Å². The highest BCUT2D eigenvalue weighted by Gasteiger charge is 2.35. The molecule has 1 saturated heterocycles. The van der Waals surface area contributed by atoms with Crippen LogP contribution < -0.4 is 4.74 Å². The van der Waals surface area contributed by atoms with E-state index in [1.54, 1.807) is 18.9 Å². The van der Waals surface area contributed by atoms with Crippen molar-refractivity contribution in [1.82, 2.24) is 4.90 Å². The van der Waals surface area contributed by atoms with Crippen LogP contribution in [0.5, 0.6) is 5.75 Å². The molecule has 1 amide bonds. The first-order valence-electron chi connectivity index (χ1n) is 6.46. The standard InChI is InChI=1S/C15H19NO3/c1-10(12-4-6-14(19-3)7-5-12)16-9-13(11(2)17)8-15(16)18/h4-7,10,13H,8-9H2,1-3H3/t10-,13-/m0/s1. The van der Waals surface area contributed by atoms with Crippen molar-refractivity contribution >= 4 is 11.7 Å². The monoisotopic (exact) mass is 261 g/mol. The zero-order valence-corrected chi connectivity index (χ0v) is 11.6. The number of hydrogen-bond donors (Lipinski definition) is 0. The molecule has 1 aromatic rings. The quantitative estimate of drug-likeness (QED) is 0.834. The smallest absolute Gasteiger partial charge is 0.223 e. The Labute approximate surface area is 113 Å². The summed E-state index contributed by atoms with van der Waals surface area (Å²) in [6.07, 6.45) is 0.343. The third-order valence-electron chi connectivity index (χ3n) is 3.80. The molecule has 19 heavy (non-hydrogen) atoms. The summed E-state index contributed by atoms with van der Waals surface area (Å²) in [6, 6.07) is 7.67. The molecule has 0 aromatic heterocycles. The molecule has 0 unspecified atom stereocenters. The van der Waals surface area contributed by atoms with Gasteiger partial charge in [0, 0.05) is 18.9 Å². The average Bonchev–Trinajstić information content (AvgIpc) is 2.80. The van der Waals surface area contributed by atoms with E-state index in [0.717, 1.165) is 11.3 Å². The lowest BCUT2D eigenvalue weighted by Gasteiger charge is -2.25. The molecule has 1 aromatic carbocycles. The highest BCUT2D eigenvalue weighted by Crippen LogP contribution is 2.29. The number of carbonyl (C=O) groups is 2. The fraction of sp³-hybridized carbons (Fsp3) is 0.467. The summed E-state index contributed by atoms with van der Waals surface area (Å²) in [5.41, 5.74) is 1.05.